The van der Waals surface area contributed by atoms with Gasteiger partial charge in [-0.1, -0.05) is 18.6 Å². The maximum atomic E-state index is 12.5. The Labute approximate surface area is 157 Å². The van der Waals surface area contributed by atoms with Crippen LogP contribution in [0.1, 0.15) is 29.6 Å². The second-order valence-electron chi connectivity index (χ2n) is 6.37. The van der Waals surface area contributed by atoms with E-state index in [1.165, 1.54) is 0 Å². The van der Waals surface area contributed by atoms with Gasteiger partial charge in [-0.25, -0.2) is 5.48 Å². The number of nitrogens with one attached hydrogen (secondary N) is 2. The predicted octanol–water partition coefficient (Wildman–Crippen LogP) is 2.89. The van der Waals surface area contributed by atoms with E-state index < -0.39 is 11.8 Å². The molecule has 0 saturated heterocycles. The van der Waals surface area contributed by atoms with Gasteiger partial charge >= 0.3 is 0 Å². The molecule has 3 rings (SSSR count). The molecule has 27 heavy (non-hydrogen) atoms. The van der Waals surface area contributed by atoms with Crippen LogP contribution in [0.15, 0.2) is 48.5 Å². The molecule has 0 heterocycles. The van der Waals surface area contributed by atoms with Gasteiger partial charge in [-0.2, -0.15) is 0 Å². The van der Waals surface area contributed by atoms with E-state index in [2.05, 4.69) is 5.32 Å². The lowest BCUT2D eigenvalue weighted by molar-refractivity contribution is -0.133. The summed E-state index contributed by atoms with van der Waals surface area (Å²) >= 11 is 0. The number of para-hydroxylation sites is 2. The molecule has 2 aromatic carbocycles. The Morgan fingerprint density at radius 1 is 1.04 bits per heavy atom. The first-order valence-corrected chi connectivity index (χ1v) is 8.78. The quantitative estimate of drug-likeness (QED) is 0.537. The molecule has 2 atom stereocenters. The molecule has 0 aromatic heterocycles. The van der Waals surface area contributed by atoms with Crippen molar-refractivity contribution in [3.8, 4) is 17.2 Å². The zero-order valence-corrected chi connectivity index (χ0v) is 15.0. The van der Waals surface area contributed by atoms with Crippen LogP contribution >= 0.6 is 0 Å². The number of carbonyl (C=O) groups excluding carboxylic acids is 2. The molecule has 7 nitrogen and oxygen atoms in total. The predicted molar refractivity (Wildman–Crippen MR) is 98.0 cm³/mol. The first kappa shape index (κ1) is 18.7. The van der Waals surface area contributed by atoms with Gasteiger partial charge in [0, 0.05) is 11.6 Å². The topological polar surface area (TPSA) is 96.9 Å². The average molecular weight is 370 g/mol. The minimum atomic E-state index is -0.460. The summed E-state index contributed by atoms with van der Waals surface area (Å²) in [5, 5.41) is 11.7. The Kier molecular flexibility index (Phi) is 5.93. The second-order valence-corrected chi connectivity index (χ2v) is 6.37. The maximum Gasteiger partial charge on any atom is 0.251 e. The molecule has 0 unspecified atom stereocenters. The molecular formula is C20H22N2O5. The van der Waals surface area contributed by atoms with Gasteiger partial charge in [-0.15, -0.1) is 0 Å². The monoisotopic (exact) mass is 370 g/mol. The minimum Gasteiger partial charge on any atom is -0.493 e. The van der Waals surface area contributed by atoms with Gasteiger partial charge in [-0.05, 0) is 49.2 Å². The summed E-state index contributed by atoms with van der Waals surface area (Å²) in [6.07, 6.45) is 2.18. The van der Waals surface area contributed by atoms with Crippen LogP contribution in [0.2, 0.25) is 0 Å². The molecule has 0 radical (unpaired) electrons. The van der Waals surface area contributed by atoms with Gasteiger partial charge in [0.25, 0.3) is 5.91 Å². The van der Waals surface area contributed by atoms with Crippen molar-refractivity contribution in [2.45, 2.75) is 25.3 Å². The van der Waals surface area contributed by atoms with Crippen molar-refractivity contribution in [2.75, 3.05) is 7.11 Å². The van der Waals surface area contributed by atoms with Gasteiger partial charge < -0.3 is 14.8 Å². The minimum absolute atomic E-state index is 0.263. The van der Waals surface area contributed by atoms with Gasteiger partial charge in [0.05, 0.1) is 13.0 Å². The second kappa shape index (κ2) is 8.55. The number of hydrogen-bond acceptors (Lipinski definition) is 5. The Morgan fingerprint density at radius 2 is 1.74 bits per heavy atom. The van der Waals surface area contributed by atoms with Crippen LogP contribution in [-0.4, -0.2) is 30.2 Å². The molecule has 1 saturated carbocycles. The lowest BCUT2D eigenvalue weighted by Gasteiger charge is -2.19. The van der Waals surface area contributed by atoms with Crippen LogP contribution in [0, 0.1) is 5.92 Å². The van der Waals surface area contributed by atoms with Crippen LogP contribution in [0.25, 0.3) is 0 Å². The normalized spacial score (nSPS) is 18.6. The van der Waals surface area contributed by atoms with Gasteiger partial charge in [0.1, 0.15) is 5.75 Å². The smallest absolute Gasteiger partial charge is 0.251 e. The van der Waals surface area contributed by atoms with Crippen LogP contribution < -0.4 is 20.3 Å². The fourth-order valence-corrected chi connectivity index (χ4v) is 3.29. The van der Waals surface area contributed by atoms with Crippen LogP contribution in [0.4, 0.5) is 0 Å². The SMILES string of the molecule is COc1ccccc1Oc1ccc(C(=O)N[C@@H]2CCC[C@@H]2C(=O)NO)cc1. The van der Waals surface area contributed by atoms with Gasteiger partial charge in [-0.3, -0.25) is 14.8 Å². The van der Waals surface area contributed by atoms with Crippen molar-refractivity contribution >= 4 is 11.8 Å². The van der Waals surface area contributed by atoms with E-state index in [1.807, 2.05) is 12.1 Å². The summed E-state index contributed by atoms with van der Waals surface area (Å²) in [7, 11) is 1.57. The first-order valence-electron chi connectivity index (χ1n) is 8.78. The fraction of sp³-hybridized carbons (Fsp3) is 0.300. The van der Waals surface area contributed by atoms with E-state index in [-0.39, 0.29) is 11.9 Å². The van der Waals surface area contributed by atoms with Crippen LogP contribution in [0.3, 0.4) is 0 Å². The summed E-state index contributed by atoms with van der Waals surface area (Å²) in [4.78, 5) is 24.1. The van der Waals surface area contributed by atoms with Crippen molar-refractivity contribution in [1.29, 1.82) is 0 Å². The first-order chi connectivity index (χ1) is 13.1. The third-order valence-corrected chi connectivity index (χ3v) is 4.69. The van der Waals surface area contributed by atoms with E-state index in [0.29, 0.717) is 35.7 Å². The highest BCUT2D eigenvalue weighted by molar-refractivity contribution is 5.95. The molecule has 7 heteroatoms. The maximum absolute atomic E-state index is 12.5. The molecule has 2 aromatic rings. The lowest BCUT2D eigenvalue weighted by atomic mass is 10.0. The van der Waals surface area contributed by atoms with Crippen molar-refractivity contribution in [1.82, 2.24) is 10.8 Å². The van der Waals surface area contributed by atoms with Crippen LogP contribution in [-0.2, 0) is 4.79 Å². The molecule has 3 N–H and O–H groups in total. The third-order valence-electron chi connectivity index (χ3n) is 4.69. The Hall–Kier alpha value is -3.06. The standard InChI is InChI=1S/C20H22N2O5/c1-26-17-7-2-3-8-18(17)27-14-11-9-13(10-12-14)19(23)21-16-6-4-5-15(16)20(24)22-25/h2-3,7-12,15-16,25H,4-6H2,1H3,(H,21,23)(H,22,24)/t15-,16+/m0/s1. The molecule has 0 bridgehead atoms. The number of amides is 2. The Morgan fingerprint density at radius 3 is 2.41 bits per heavy atom. The summed E-state index contributed by atoms with van der Waals surface area (Å²) in [6.45, 7) is 0. The van der Waals surface area contributed by atoms with Crippen molar-refractivity contribution < 1.29 is 24.3 Å². The number of hydroxylamine groups is 1. The molecule has 0 aliphatic heterocycles. The van der Waals surface area contributed by atoms with E-state index in [9.17, 15) is 9.59 Å². The number of hydrogen-bond donors (Lipinski definition) is 3. The third kappa shape index (κ3) is 4.38. The van der Waals surface area contributed by atoms with E-state index >= 15 is 0 Å². The molecule has 142 valence electrons. The summed E-state index contributed by atoms with van der Waals surface area (Å²) < 4.78 is 11.0. The highest BCUT2D eigenvalue weighted by Crippen LogP contribution is 2.31. The molecule has 1 fully saturated rings. The zero-order valence-electron chi connectivity index (χ0n) is 15.0. The van der Waals surface area contributed by atoms with Crippen molar-refractivity contribution in [3.63, 3.8) is 0 Å². The number of benzene rings is 2. The number of carbonyl (C=O) groups is 2. The fourth-order valence-electron chi connectivity index (χ4n) is 3.29. The van der Waals surface area contributed by atoms with E-state index in [4.69, 9.17) is 14.7 Å². The van der Waals surface area contributed by atoms with Gasteiger partial charge in [0.15, 0.2) is 11.5 Å². The molecule has 1 aliphatic rings. The molecule has 2 amide bonds. The summed E-state index contributed by atoms with van der Waals surface area (Å²) in [5.41, 5.74) is 2.14. The van der Waals surface area contributed by atoms with Crippen molar-refractivity contribution in [2.24, 2.45) is 5.92 Å². The van der Waals surface area contributed by atoms with Crippen molar-refractivity contribution in [3.05, 3.63) is 54.1 Å². The zero-order chi connectivity index (χ0) is 19.2. The molecule has 1 aliphatic carbocycles. The highest BCUT2D eigenvalue weighted by Gasteiger charge is 2.34. The average Bonchev–Trinajstić information content (AvgIpc) is 3.16. The number of methoxy groups -OCH3 is 1. The Bertz CT molecular complexity index is 806. The number of ether oxygens (including phenoxy) is 2. The molecule has 0 spiro atoms. The molecular weight excluding hydrogens is 348 g/mol. The lowest BCUT2D eigenvalue weighted by Crippen LogP contribution is -2.43. The number of rotatable bonds is 6. The summed E-state index contributed by atoms with van der Waals surface area (Å²) in [5.74, 6) is 0.649. The van der Waals surface area contributed by atoms with Crippen LogP contribution in [0.5, 0.6) is 17.2 Å². The van der Waals surface area contributed by atoms with Gasteiger partial charge in [0.2, 0.25) is 5.91 Å². The van der Waals surface area contributed by atoms with E-state index in [1.54, 1.807) is 49.0 Å². The summed E-state index contributed by atoms with van der Waals surface area (Å²) in [6, 6.07) is 13.7. The highest BCUT2D eigenvalue weighted by atomic mass is 16.5. The Balaban J connectivity index is 1.64. The largest absolute Gasteiger partial charge is 0.493 e. The van der Waals surface area contributed by atoms with E-state index in [0.717, 1.165) is 6.42 Å².